The quantitative estimate of drug-likeness (QED) is 0.809. The van der Waals surface area contributed by atoms with Crippen LogP contribution in [-0.4, -0.2) is 6.54 Å². The minimum Gasteiger partial charge on any atom is -0.309 e. The summed E-state index contributed by atoms with van der Waals surface area (Å²) in [5.41, 5.74) is 2.77. The second-order valence-corrected chi connectivity index (χ2v) is 4.63. The van der Waals surface area contributed by atoms with Crippen LogP contribution in [0.2, 0.25) is 0 Å². The average molecular weight is 227 g/mol. The van der Waals surface area contributed by atoms with Gasteiger partial charge in [0.25, 0.3) is 0 Å². The van der Waals surface area contributed by atoms with Gasteiger partial charge in [0.15, 0.2) is 0 Å². The molecule has 1 nitrogen and oxygen atoms in total. The lowest BCUT2D eigenvalue weighted by Gasteiger charge is -2.14. The molecular weight excluding hydrogens is 206 g/mol. The van der Waals surface area contributed by atoms with Crippen LogP contribution >= 0.6 is 0 Å². The topological polar surface area (TPSA) is 12.0 Å². The molecule has 1 aliphatic carbocycles. The Morgan fingerprint density at radius 1 is 1.18 bits per heavy atom. The largest absolute Gasteiger partial charge is 0.309 e. The smallest absolute Gasteiger partial charge is 0.0208 e. The molecule has 1 heteroatoms. The highest BCUT2D eigenvalue weighted by atomic mass is 14.8. The molecule has 1 unspecified atom stereocenters. The molecule has 0 saturated heterocycles. The Kier molecular flexibility index (Phi) is 4.57. The number of hydrogen-bond donors (Lipinski definition) is 1. The first-order chi connectivity index (χ1) is 8.38. The lowest BCUT2D eigenvalue weighted by Crippen LogP contribution is -2.17. The molecule has 1 aromatic carbocycles. The Morgan fingerprint density at radius 3 is 2.65 bits per heavy atom. The third-order valence-electron chi connectivity index (χ3n) is 3.29. The average Bonchev–Trinajstić information content (AvgIpc) is 2.41. The van der Waals surface area contributed by atoms with Crippen molar-refractivity contribution in [3.63, 3.8) is 0 Å². The van der Waals surface area contributed by atoms with Gasteiger partial charge in [-0.15, -0.1) is 0 Å². The molecule has 0 bridgehead atoms. The van der Waals surface area contributed by atoms with Crippen molar-refractivity contribution in [2.24, 2.45) is 5.92 Å². The van der Waals surface area contributed by atoms with Gasteiger partial charge in [0.2, 0.25) is 0 Å². The molecule has 17 heavy (non-hydrogen) atoms. The van der Waals surface area contributed by atoms with Gasteiger partial charge in [-0.1, -0.05) is 55.5 Å². The van der Waals surface area contributed by atoms with Crippen molar-refractivity contribution in [3.05, 3.63) is 59.7 Å². The normalized spacial score (nSPS) is 19.1. The standard InChI is InChI=1S/C16H21N/c1-2-14-8-10-16(11-9-14)13-17-12-15-6-4-3-5-7-15/h3-8,10-11,14,17H,2,9,12-13H2,1H3. The van der Waals surface area contributed by atoms with Gasteiger partial charge in [-0.2, -0.15) is 0 Å². The van der Waals surface area contributed by atoms with Crippen molar-refractivity contribution in [1.29, 1.82) is 0 Å². The molecule has 0 spiro atoms. The van der Waals surface area contributed by atoms with Crippen LogP contribution in [0.4, 0.5) is 0 Å². The van der Waals surface area contributed by atoms with Crippen LogP contribution in [0, 0.1) is 5.92 Å². The van der Waals surface area contributed by atoms with E-state index in [1.807, 2.05) is 0 Å². The second kappa shape index (κ2) is 6.41. The number of benzene rings is 1. The monoisotopic (exact) mass is 227 g/mol. The third-order valence-corrected chi connectivity index (χ3v) is 3.29. The van der Waals surface area contributed by atoms with Crippen molar-refractivity contribution >= 4 is 0 Å². The van der Waals surface area contributed by atoms with Gasteiger partial charge in [-0.05, 0) is 29.9 Å². The summed E-state index contributed by atoms with van der Waals surface area (Å²) >= 11 is 0. The van der Waals surface area contributed by atoms with Crippen LogP contribution in [-0.2, 0) is 6.54 Å². The summed E-state index contributed by atoms with van der Waals surface area (Å²) in [6.07, 6.45) is 9.44. The minimum absolute atomic E-state index is 0.757. The predicted molar refractivity (Wildman–Crippen MR) is 73.8 cm³/mol. The SMILES string of the molecule is CCC1C=CC(CNCc2ccccc2)=CC1. The third kappa shape index (κ3) is 3.86. The van der Waals surface area contributed by atoms with Crippen LogP contribution in [0.5, 0.6) is 0 Å². The summed E-state index contributed by atoms with van der Waals surface area (Å²) in [6.45, 7) is 4.17. The molecule has 0 aromatic heterocycles. The minimum atomic E-state index is 0.757. The summed E-state index contributed by atoms with van der Waals surface area (Å²) in [5, 5.41) is 3.48. The first kappa shape index (κ1) is 12.1. The molecule has 2 rings (SSSR count). The summed E-state index contributed by atoms with van der Waals surface area (Å²) in [4.78, 5) is 0. The van der Waals surface area contributed by atoms with E-state index in [1.165, 1.54) is 24.0 Å². The van der Waals surface area contributed by atoms with Gasteiger partial charge >= 0.3 is 0 Å². The van der Waals surface area contributed by atoms with Gasteiger partial charge in [0.1, 0.15) is 0 Å². The molecule has 0 fully saturated rings. The Labute approximate surface area is 104 Å². The Hall–Kier alpha value is -1.34. The Bertz CT molecular complexity index is 389. The van der Waals surface area contributed by atoms with Crippen molar-refractivity contribution < 1.29 is 0 Å². The van der Waals surface area contributed by atoms with E-state index in [0.717, 1.165) is 19.0 Å². The van der Waals surface area contributed by atoms with E-state index in [-0.39, 0.29) is 0 Å². The Morgan fingerprint density at radius 2 is 2.00 bits per heavy atom. The molecule has 1 atom stereocenters. The van der Waals surface area contributed by atoms with Crippen LogP contribution < -0.4 is 5.32 Å². The number of allylic oxidation sites excluding steroid dienone is 2. The van der Waals surface area contributed by atoms with Crippen molar-refractivity contribution in [1.82, 2.24) is 5.32 Å². The fraction of sp³-hybridized carbons (Fsp3) is 0.375. The van der Waals surface area contributed by atoms with Crippen LogP contribution in [0.1, 0.15) is 25.3 Å². The lowest BCUT2D eigenvalue weighted by atomic mass is 9.95. The molecule has 0 radical (unpaired) electrons. The zero-order chi connectivity index (χ0) is 11.9. The van der Waals surface area contributed by atoms with Gasteiger partial charge in [-0.3, -0.25) is 0 Å². The summed E-state index contributed by atoms with van der Waals surface area (Å²) < 4.78 is 0. The molecule has 1 aliphatic rings. The predicted octanol–water partition coefficient (Wildman–Crippen LogP) is 3.69. The molecule has 1 N–H and O–H groups in total. The summed E-state index contributed by atoms with van der Waals surface area (Å²) in [6, 6.07) is 10.5. The van der Waals surface area contributed by atoms with Crippen LogP contribution in [0.3, 0.4) is 0 Å². The van der Waals surface area contributed by atoms with E-state index in [9.17, 15) is 0 Å². The van der Waals surface area contributed by atoms with E-state index in [0.29, 0.717) is 0 Å². The van der Waals surface area contributed by atoms with E-state index < -0.39 is 0 Å². The molecule has 1 aromatic rings. The first-order valence-electron chi connectivity index (χ1n) is 6.50. The second-order valence-electron chi connectivity index (χ2n) is 4.63. The number of hydrogen-bond acceptors (Lipinski definition) is 1. The maximum Gasteiger partial charge on any atom is 0.0208 e. The zero-order valence-electron chi connectivity index (χ0n) is 10.5. The fourth-order valence-electron chi connectivity index (χ4n) is 2.09. The van der Waals surface area contributed by atoms with Crippen LogP contribution in [0.25, 0.3) is 0 Å². The maximum atomic E-state index is 3.48. The van der Waals surface area contributed by atoms with Gasteiger partial charge in [0.05, 0.1) is 0 Å². The Balaban J connectivity index is 1.73. The highest BCUT2D eigenvalue weighted by Crippen LogP contribution is 2.18. The molecule has 0 saturated carbocycles. The van der Waals surface area contributed by atoms with E-state index in [1.54, 1.807) is 0 Å². The van der Waals surface area contributed by atoms with Crippen molar-refractivity contribution in [2.45, 2.75) is 26.3 Å². The molecule has 0 heterocycles. The zero-order valence-corrected chi connectivity index (χ0v) is 10.5. The van der Waals surface area contributed by atoms with Gasteiger partial charge < -0.3 is 5.32 Å². The maximum absolute atomic E-state index is 3.48. The van der Waals surface area contributed by atoms with Crippen LogP contribution in [0.15, 0.2) is 54.1 Å². The summed E-state index contributed by atoms with van der Waals surface area (Å²) in [7, 11) is 0. The molecular formula is C16H21N. The van der Waals surface area contributed by atoms with Gasteiger partial charge in [0, 0.05) is 13.1 Å². The molecule has 0 aliphatic heterocycles. The first-order valence-corrected chi connectivity index (χ1v) is 6.50. The lowest BCUT2D eigenvalue weighted by molar-refractivity contribution is 0.624. The molecule has 90 valence electrons. The van der Waals surface area contributed by atoms with Crippen molar-refractivity contribution in [2.75, 3.05) is 6.54 Å². The van der Waals surface area contributed by atoms with Gasteiger partial charge in [-0.25, -0.2) is 0 Å². The van der Waals surface area contributed by atoms with Crippen molar-refractivity contribution in [3.8, 4) is 0 Å². The number of rotatable bonds is 5. The summed E-state index contributed by atoms with van der Waals surface area (Å²) in [5.74, 6) is 0.757. The highest BCUT2D eigenvalue weighted by Gasteiger charge is 2.05. The number of nitrogens with one attached hydrogen (secondary N) is 1. The fourth-order valence-corrected chi connectivity index (χ4v) is 2.09. The van der Waals surface area contributed by atoms with E-state index in [2.05, 4.69) is 60.8 Å². The molecule has 0 amide bonds. The van der Waals surface area contributed by atoms with E-state index in [4.69, 9.17) is 0 Å². The van der Waals surface area contributed by atoms with E-state index >= 15 is 0 Å². The highest BCUT2D eigenvalue weighted by molar-refractivity contribution is 5.25.